The minimum Gasteiger partial charge on any atom is -0.446 e. The van der Waals surface area contributed by atoms with Crippen LogP contribution in [0.1, 0.15) is 5.56 Å². The van der Waals surface area contributed by atoms with Crippen LogP contribution in [0.15, 0.2) is 87.0 Å². The van der Waals surface area contributed by atoms with E-state index in [0.29, 0.717) is 28.0 Å². The van der Waals surface area contributed by atoms with E-state index < -0.39 is 0 Å². The van der Waals surface area contributed by atoms with Crippen molar-refractivity contribution in [3.8, 4) is 11.6 Å². The Bertz CT molecular complexity index is 1130. The maximum Gasteiger partial charge on any atom is 0.237 e. The molecule has 0 bridgehead atoms. The van der Waals surface area contributed by atoms with Gasteiger partial charge in [-0.05, 0) is 45.8 Å². The van der Waals surface area contributed by atoms with Gasteiger partial charge in [0.1, 0.15) is 0 Å². The van der Waals surface area contributed by atoms with Crippen molar-refractivity contribution >= 4 is 39.3 Å². The van der Waals surface area contributed by atoms with Crippen LogP contribution in [0.5, 0.6) is 0 Å². The number of carbonyl (C=O) groups excluding carboxylic acids is 1. The van der Waals surface area contributed by atoms with Crippen molar-refractivity contribution in [2.45, 2.75) is 11.7 Å². The molecule has 0 atom stereocenters. The molecule has 30 heavy (non-hydrogen) atoms. The third-order valence-corrected chi connectivity index (χ3v) is 5.91. The lowest BCUT2D eigenvalue weighted by Crippen LogP contribution is -2.28. The third-order valence-electron chi connectivity index (χ3n) is 4.54. The smallest absolute Gasteiger partial charge is 0.237 e. The minimum absolute atomic E-state index is 0.0113. The number of furan rings is 1. The van der Waals surface area contributed by atoms with Gasteiger partial charge in [-0.2, -0.15) is 0 Å². The van der Waals surface area contributed by atoms with Gasteiger partial charge in [-0.3, -0.25) is 9.36 Å². The summed E-state index contributed by atoms with van der Waals surface area (Å²) in [5, 5.41) is 9.32. The maximum atomic E-state index is 12.7. The molecule has 4 aromatic rings. The molecule has 0 N–H and O–H groups in total. The van der Waals surface area contributed by atoms with Crippen LogP contribution in [0.4, 0.5) is 5.69 Å². The number of nitrogens with zero attached hydrogens (tertiary/aromatic N) is 4. The Kier molecular flexibility index (Phi) is 6.35. The number of hydrogen-bond acceptors (Lipinski definition) is 5. The van der Waals surface area contributed by atoms with Crippen molar-refractivity contribution in [3.63, 3.8) is 0 Å². The zero-order valence-corrected chi connectivity index (χ0v) is 18.6. The first-order chi connectivity index (χ1) is 14.6. The van der Waals surface area contributed by atoms with Crippen LogP contribution in [0, 0.1) is 0 Å². The Morgan fingerprint density at radius 3 is 2.40 bits per heavy atom. The standard InChI is InChI=1S/C22H19BrN4O2S/c1-26(17-10-6-3-7-11-17)20(28)15-30-22-25-24-21(18-12-13-19(23)29-18)27(22)14-16-8-4-2-5-9-16/h2-13H,14-15H2,1H3. The summed E-state index contributed by atoms with van der Waals surface area (Å²) in [5.74, 6) is 1.48. The second-order valence-corrected chi connectivity index (χ2v) is 8.28. The number of rotatable bonds is 7. The lowest BCUT2D eigenvalue weighted by molar-refractivity contribution is -0.115. The van der Waals surface area contributed by atoms with Crippen molar-refractivity contribution in [1.82, 2.24) is 14.8 Å². The fourth-order valence-electron chi connectivity index (χ4n) is 2.94. The van der Waals surface area contributed by atoms with Crippen molar-refractivity contribution in [3.05, 3.63) is 83.0 Å². The van der Waals surface area contributed by atoms with Crippen LogP contribution in [0.25, 0.3) is 11.6 Å². The van der Waals surface area contributed by atoms with E-state index in [9.17, 15) is 4.79 Å². The van der Waals surface area contributed by atoms with Crippen LogP contribution in [-0.2, 0) is 11.3 Å². The molecule has 0 unspecified atom stereocenters. The first-order valence-electron chi connectivity index (χ1n) is 9.29. The normalized spacial score (nSPS) is 10.9. The molecule has 0 spiro atoms. The molecule has 4 rings (SSSR count). The summed E-state index contributed by atoms with van der Waals surface area (Å²) in [6.45, 7) is 0.576. The minimum atomic E-state index is -0.0113. The molecule has 0 radical (unpaired) electrons. The van der Waals surface area contributed by atoms with E-state index in [-0.39, 0.29) is 11.7 Å². The van der Waals surface area contributed by atoms with Gasteiger partial charge >= 0.3 is 0 Å². The first kappa shape index (κ1) is 20.4. The lowest BCUT2D eigenvalue weighted by atomic mass is 10.2. The highest BCUT2D eigenvalue weighted by molar-refractivity contribution is 9.10. The van der Waals surface area contributed by atoms with Crippen LogP contribution >= 0.6 is 27.7 Å². The summed E-state index contributed by atoms with van der Waals surface area (Å²) in [6, 6.07) is 23.3. The van der Waals surface area contributed by atoms with Crippen molar-refractivity contribution in [1.29, 1.82) is 0 Å². The van der Waals surface area contributed by atoms with Crippen LogP contribution in [-0.4, -0.2) is 33.5 Å². The summed E-state index contributed by atoms with van der Waals surface area (Å²) in [5.41, 5.74) is 1.97. The van der Waals surface area contributed by atoms with Gasteiger partial charge in [0.15, 0.2) is 15.6 Å². The predicted octanol–water partition coefficient (Wildman–Crippen LogP) is 5.10. The Morgan fingerprint density at radius 2 is 1.73 bits per heavy atom. The van der Waals surface area contributed by atoms with E-state index in [0.717, 1.165) is 11.3 Å². The fraction of sp³-hybridized carbons (Fsp3) is 0.136. The van der Waals surface area contributed by atoms with Crippen molar-refractivity contribution in [2.24, 2.45) is 0 Å². The second-order valence-electron chi connectivity index (χ2n) is 6.56. The molecule has 2 aromatic heterocycles. The number of thioether (sulfide) groups is 1. The Balaban J connectivity index is 1.56. The Hall–Kier alpha value is -2.84. The molecule has 0 fully saturated rings. The number of benzene rings is 2. The average Bonchev–Trinajstić information content (AvgIpc) is 3.38. The van der Waals surface area contributed by atoms with E-state index in [1.54, 1.807) is 11.9 Å². The van der Waals surface area contributed by atoms with Gasteiger partial charge in [0.2, 0.25) is 11.7 Å². The SMILES string of the molecule is CN(C(=O)CSc1nnc(-c2ccc(Br)o2)n1Cc1ccccc1)c1ccccc1. The van der Waals surface area contributed by atoms with Crippen molar-refractivity contribution in [2.75, 3.05) is 17.7 Å². The molecule has 0 aliphatic rings. The van der Waals surface area contributed by atoms with Gasteiger partial charge < -0.3 is 9.32 Å². The van der Waals surface area contributed by atoms with E-state index in [2.05, 4.69) is 26.1 Å². The van der Waals surface area contributed by atoms with E-state index >= 15 is 0 Å². The molecule has 1 amide bonds. The molecule has 0 saturated heterocycles. The van der Waals surface area contributed by atoms with Crippen LogP contribution in [0.2, 0.25) is 0 Å². The van der Waals surface area contributed by atoms with E-state index in [1.165, 1.54) is 11.8 Å². The highest BCUT2D eigenvalue weighted by Gasteiger charge is 2.19. The first-order valence-corrected chi connectivity index (χ1v) is 11.1. The number of para-hydroxylation sites is 1. The lowest BCUT2D eigenvalue weighted by Gasteiger charge is -2.17. The number of amides is 1. The van der Waals surface area contributed by atoms with Gasteiger partial charge in [-0.1, -0.05) is 60.3 Å². The molecule has 8 heteroatoms. The zero-order valence-electron chi connectivity index (χ0n) is 16.2. The van der Waals surface area contributed by atoms with Gasteiger partial charge in [0.05, 0.1) is 12.3 Å². The summed E-state index contributed by atoms with van der Waals surface area (Å²) >= 11 is 4.70. The predicted molar refractivity (Wildman–Crippen MR) is 122 cm³/mol. The summed E-state index contributed by atoms with van der Waals surface area (Å²) in [7, 11) is 1.78. The zero-order chi connectivity index (χ0) is 20.9. The number of anilines is 1. The second kappa shape index (κ2) is 9.32. The summed E-state index contributed by atoms with van der Waals surface area (Å²) in [4.78, 5) is 14.3. The Morgan fingerprint density at radius 1 is 1.03 bits per heavy atom. The average molecular weight is 483 g/mol. The molecule has 0 saturated carbocycles. The highest BCUT2D eigenvalue weighted by Crippen LogP contribution is 2.28. The summed E-state index contributed by atoms with van der Waals surface area (Å²) < 4.78 is 8.29. The third kappa shape index (κ3) is 4.66. The molecule has 6 nitrogen and oxygen atoms in total. The topological polar surface area (TPSA) is 64.2 Å². The monoisotopic (exact) mass is 482 g/mol. The van der Waals surface area contributed by atoms with Gasteiger partial charge in [0.25, 0.3) is 0 Å². The van der Waals surface area contributed by atoms with Gasteiger partial charge in [-0.15, -0.1) is 10.2 Å². The molecule has 0 aliphatic carbocycles. The van der Waals surface area contributed by atoms with E-state index in [1.807, 2.05) is 77.4 Å². The summed E-state index contributed by atoms with van der Waals surface area (Å²) in [6.07, 6.45) is 0. The quantitative estimate of drug-likeness (QED) is 0.342. The number of hydrogen-bond donors (Lipinski definition) is 0. The van der Waals surface area contributed by atoms with Crippen LogP contribution < -0.4 is 4.90 Å². The number of halogens is 1. The molecule has 0 aliphatic heterocycles. The fourth-order valence-corrected chi connectivity index (χ4v) is 4.10. The van der Waals surface area contributed by atoms with E-state index in [4.69, 9.17) is 4.42 Å². The van der Waals surface area contributed by atoms with Crippen molar-refractivity contribution < 1.29 is 9.21 Å². The van der Waals surface area contributed by atoms with Crippen LogP contribution in [0.3, 0.4) is 0 Å². The molecule has 2 heterocycles. The molecular weight excluding hydrogens is 464 g/mol. The molecule has 2 aromatic carbocycles. The maximum absolute atomic E-state index is 12.7. The van der Waals surface area contributed by atoms with Gasteiger partial charge in [-0.25, -0.2) is 0 Å². The molecule has 152 valence electrons. The largest absolute Gasteiger partial charge is 0.446 e. The highest BCUT2D eigenvalue weighted by atomic mass is 79.9. The number of aromatic nitrogens is 3. The Labute approximate surface area is 187 Å². The number of carbonyl (C=O) groups is 1. The van der Waals surface area contributed by atoms with Gasteiger partial charge in [0, 0.05) is 12.7 Å². The molecular formula is C22H19BrN4O2S.